The van der Waals surface area contributed by atoms with Crippen LogP contribution in [0.5, 0.6) is 11.5 Å². The maximum Gasteiger partial charge on any atom is 0.128 e. The summed E-state index contributed by atoms with van der Waals surface area (Å²) in [4.78, 5) is 0. The van der Waals surface area contributed by atoms with E-state index < -0.39 is 0 Å². The van der Waals surface area contributed by atoms with E-state index in [9.17, 15) is 0 Å². The largest absolute Gasteiger partial charge is 0.496 e. The minimum Gasteiger partial charge on any atom is -0.496 e. The number of aromatic nitrogens is 2. The van der Waals surface area contributed by atoms with Gasteiger partial charge in [-0.3, -0.25) is 0 Å². The topological polar surface area (TPSA) is 36.3 Å². The highest BCUT2D eigenvalue weighted by atomic mass is 35.5. The van der Waals surface area contributed by atoms with E-state index in [2.05, 4.69) is 0 Å². The second kappa shape index (κ2) is 7.79. The normalized spacial score (nSPS) is 10.7. The van der Waals surface area contributed by atoms with Gasteiger partial charge in [0.05, 0.1) is 31.3 Å². The molecule has 0 saturated carbocycles. The molecule has 0 radical (unpaired) electrons. The van der Waals surface area contributed by atoms with Crippen LogP contribution in [0.1, 0.15) is 0 Å². The van der Waals surface area contributed by atoms with E-state index in [-0.39, 0.29) is 0 Å². The minimum atomic E-state index is 0.680. The standard InChI is InChI=1S/C23H19ClN2O2/c1-27-22-9-5-3-7-18(22)20-15-21(19-8-4-6-10-23(19)28-2)26(25-20)17-13-11-16(24)12-14-17/h3-15H,1-2H3. The van der Waals surface area contributed by atoms with Gasteiger partial charge in [0.1, 0.15) is 11.5 Å². The second-order valence-corrected chi connectivity index (χ2v) is 6.64. The molecule has 0 aliphatic rings. The fraction of sp³-hybridized carbons (Fsp3) is 0.0870. The number of rotatable bonds is 5. The lowest BCUT2D eigenvalue weighted by molar-refractivity contribution is 0.416. The molecule has 28 heavy (non-hydrogen) atoms. The minimum absolute atomic E-state index is 0.680. The molecule has 140 valence electrons. The number of benzene rings is 3. The molecule has 0 spiro atoms. The predicted octanol–water partition coefficient (Wildman–Crippen LogP) is 5.88. The van der Waals surface area contributed by atoms with Crippen molar-refractivity contribution in [2.24, 2.45) is 0 Å². The van der Waals surface area contributed by atoms with Crippen molar-refractivity contribution in [1.29, 1.82) is 0 Å². The molecule has 0 fully saturated rings. The van der Waals surface area contributed by atoms with E-state index in [0.717, 1.165) is 39.7 Å². The summed E-state index contributed by atoms with van der Waals surface area (Å²) in [7, 11) is 3.33. The van der Waals surface area contributed by atoms with Crippen molar-refractivity contribution in [2.45, 2.75) is 0 Å². The van der Waals surface area contributed by atoms with Crippen molar-refractivity contribution in [1.82, 2.24) is 9.78 Å². The first-order valence-corrected chi connectivity index (χ1v) is 9.22. The molecule has 0 aliphatic heterocycles. The molecular formula is C23H19ClN2O2. The van der Waals surface area contributed by atoms with Gasteiger partial charge in [0.25, 0.3) is 0 Å². The quantitative estimate of drug-likeness (QED) is 0.427. The summed E-state index contributed by atoms with van der Waals surface area (Å²) in [6.45, 7) is 0. The summed E-state index contributed by atoms with van der Waals surface area (Å²) in [5, 5.41) is 5.56. The molecule has 0 atom stereocenters. The van der Waals surface area contributed by atoms with E-state index in [1.807, 2.05) is 83.5 Å². The first kappa shape index (κ1) is 18.1. The van der Waals surface area contributed by atoms with Crippen LogP contribution >= 0.6 is 11.6 Å². The molecule has 3 aromatic carbocycles. The summed E-state index contributed by atoms with van der Waals surface area (Å²) < 4.78 is 13.0. The van der Waals surface area contributed by atoms with E-state index >= 15 is 0 Å². The zero-order chi connectivity index (χ0) is 19.5. The molecule has 0 aliphatic carbocycles. The Kier molecular flexibility index (Phi) is 5.04. The third-order valence-corrected chi connectivity index (χ3v) is 4.80. The highest BCUT2D eigenvalue weighted by Crippen LogP contribution is 2.36. The van der Waals surface area contributed by atoms with Crippen molar-refractivity contribution in [3.8, 4) is 39.7 Å². The molecule has 1 heterocycles. The van der Waals surface area contributed by atoms with E-state index in [4.69, 9.17) is 26.2 Å². The molecule has 0 saturated heterocycles. The molecule has 5 heteroatoms. The number of halogens is 1. The maximum atomic E-state index is 6.08. The first-order chi connectivity index (χ1) is 13.7. The Morgan fingerprint density at radius 2 is 1.32 bits per heavy atom. The maximum absolute atomic E-state index is 6.08. The van der Waals surface area contributed by atoms with Crippen molar-refractivity contribution < 1.29 is 9.47 Å². The van der Waals surface area contributed by atoms with Crippen LogP contribution in [0.3, 0.4) is 0 Å². The SMILES string of the molecule is COc1ccccc1-c1cc(-c2ccccc2OC)n(-c2ccc(Cl)cc2)n1. The van der Waals surface area contributed by atoms with Gasteiger partial charge in [-0.05, 0) is 54.6 Å². The lowest BCUT2D eigenvalue weighted by atomic mass is 10.1. The molecule has 4 aromatic rings. The zero-order valence-electron chi connectivity index (χ0n) is 15.6. The number of hydrogen-bond acceptors (Lipinski definition) is 3. The average molecular weight is 391 g/mol. The molecule has 4 nitrogen and oxygen atoms in total. The van der Waals surface area contributed by atoms with Crippen LogP contribution in [0.4, 0.5) is 0 Å². The van der Waals surface area contributed by atoms with Crippen LogP contribution in [-0.2, 0) is 0 Å². The first-order valence-electron chi connectivity index (χ1n) is 8.84. The molecule has 1 aromatic heterocycles. The predicted molar refractivity (Wildman–Crippen MR) is 113 cm³/mol. The number of nitrogens with zero attached hydrogens (tertiary/aromatic N) is 2. The van der Waals surface area contributed by atoms with Gasteiger partial charge in [0.15, 0.2) is 0 Å². The van der Waals surface area contributed by atoms with E-state index in [0.29, 0.717) is 5.02 Å². The van der Waals surface area contributed by atoms with Gasteiger partial charge in [0, 0.05) is 16.1 Å². The van der Waals surface area contributed by atoms with Gasteiger partial charge in [-0.1, -0.05) is 35.9 Å². The molecule has 0 N–H and O–H groups in total. The van der Waals surface area contributed by atoms with Crippen molar-refractivity contribution in [3.05, 3.63) is 83.9 Å². The molecule has 0 bridgehead atoms. The van der Waals surface area contributed by atoms with Gasteiger partial charge in [-0.25, -0.2) is 4.68 Å². The van der Waals surface area contributed by atoms with E-state index in [1.165, 1.54) is 0 Å². The summed E-state index contributed by atoms with van der Waals surface area (Å²) in [5.74, 6) is 1.55. The Morgan fingerprint density at radius 3 is 1.96 bits per heavy atom. The fourth-order valence-corrected chi connectivity index (χ4v) is 3.32. The number of hydrogen-bond donors (Lipinski definition) is 0. The number of para-hydroxylation sites is 2. The molecule has 4 rings (SSSR count). The van der Waals surface area contributed by atoms with E-state index in [1.54, 1.807) is 14.2 Å². The van der Waals surface area contributed by atoms with Crippen molar-refractivity contribution >= 4 is 11.6 Å². The average Bonchev–Trinajstić information content (AvgIpc) is 3.19. The third-order valence-electron chi connectivity index (χ3n) is 4.55. The Morgan fingerprint density at radius 1 is 0.750 bits per heavy atom. The highest BCUT2D eigenvalue weighted by molar-refractivity contribution is 6.30. The summed E-state index contributed by atoms with van der Waals surface area (Å²) in [5.41, 5.74) is 4.52. The van der Waals surface area contributed by atoms with Crippen LogP contribution in [0.15, 0.2) is 78.9 Å². The highest BCUT2D eigenvalue weighted by Gasteiger charge is 2.18. The Bertz CT molecular complexity index is 1100. The molecule has 0 amide bonds. The monoisotopic (exact) mass is 390 g/mol. The molecule has 0 unspecified atom stereocenters. The van der Waals surface area contributed by atoms with Crippen molar-refractivity contribution in [3.63, 3.8) is 0 Å². The van der Waals surface area contributed by atoms with Crippen LogP contribution in [0.25, 0.3) is 28.2 Å². The Balaban J connectivity index is 1.95. The zero-order valence-corrected chi connectivity index (χ0v) is 16.4. The van der Waals surface area contributed by atoms with Gasteiger partial charge in [0.2, 0.25) is 0 Å². The lowest BCUT2D eigenvalue weighted by Crippen LogP contribution is -2.00. The third kappa shape index (κ3) is 3.35. The number of ether oxygens (including phenoxy) is 2. The van der Waals surface area contributed by atoms with Crippen LogP contribution < -0.4 is 9.47 Å². The van der Waals surface area contributed by atoms with Gasteiger partial charge < -0.3 is 9.47 Å². The van der Waals surface area contributed by atoms with Gasteiger partial charge in [-0.15, -0.1) is 0 Å². The van der Waals surface area contributed by atoms with Gasteiger partial charge in [-0.2, -0.15) is 5.10 Å². The number of methoxy groups -OCH3 is 2. The fourth-order valence-electron chi connectivity index (χ4n) is 3.20. The Labute approximate surface area is 168 Å². The lowest BCUT2D eigenvalue weighted by Gasteiger charge is -2.11. The Hall–Kier alpha value is -3.24. The van der Waals surface area contributed by atoms with Gasteiger partial charge >= 0.3 is 0 Å². The summed E-state index contributed by atoms with van der Waals surface area (Å²) in [6.07, 6.45) is 0. The summed E-state index contributed by atoms with van der Waals surface area (Å²) in [6, 6.07) is 25.4. The second-order valence-electron chi connectivity index (χ2n) is 6.20. The van der Waals surface area contributed by atoms with Crippen LogP contribution in [0.2, 0.25) is 5.02 Å². The molecular weight excluding hydrogens is 372 g/mol. The van der Waals surface area contributed by atoms with Crippen LogP contribution in [0, 0.1) is 0 Å². The van der Waals surface area contributed by atoms with Crippen molar-refractivity contribution in [2.75, 3.05) is 14.2 Å². The van der Waals surface area contributed by atoms with Crippen LogP contribution in [-0.4, -0.2) is 24.0 Å². The summed E-state index contributed by atoms with van der Waals surface area (Å²) >= 11 is 6.08. The smallest absolute Gasteiger partial charge is 0.128 e.